The van der Waals surface area contributed by atoms with Gasteiger partial charge in [0.15, 0.2) is 0 Å². The van der Waals surface area contributed by atoms with Crippen molar-refractivity contribution in [1.82, 2.24) is 4.90 Å². The third-order valence-corrected chi connectivity index (χ3v) is 3.43. The number of rotatable bonds is 7. The smallest absolute Gasteiger partial charge is 0.307 e. The van der Waals surface area contributed by atoms with Crippen LogP contribution in [-0.2, 0) is 11.2 Å². The molecule has 0 aliphatic heterocycles. The Kier molecular flexibility index (Phi) is 5.49. The van der Waals surface area contributed by atoms with Gasteiger partial charge in [-0.2, -0.15) is 11.3 Å². The Bertz CT molecular complexity index is 311. The summed E-state index contributed by atoms with van der Waals surface area (Å²) in [6.07, 6.45) is 1.00. The summed E-state index contributed by atoms with van der Waals surface area (Å²) in [6, 6.07) is 2.12. The molecular weight excluding hydrogens is 222 g/mol. The van der Waals surface area contributed by atoms with Gasteiger partial charge in [-0.25, -0.2) is 0 Å². The zero-order valence-electron chi connectivity index (χ0n) is 9.85. The van der Waals surface area contributed by atoms with Gasteiger partial charge < -0.3 is 10.0 Å². The molecule has 1 aromatic heterocycles. The summed E-state index contributed by atoms with van der Waals surface area (Å²) >= 11 is 1.71. The molecule has 0 fully saturated rings. The van der Waals surface area contributed by atoms with Gasteiger partial charge >= 0.3 is 5.97 Å². The number of carboxylic acid groups (broad SMARTS) is 1. The Balaban J connectivity index is 2.34. The molecule has 90 valence electrons. The van der Waals surface area contributed by atoms with Gasteiger partial charge in [0.25, 0.3) is 0 Å². The number of aliphatic carboxylic acids is 1. The van der Waals surface area contributed by atoms with E-state index in [0.717, 1.165) is 19.5 Å². The summed E-state index contributed by atoms with van der Waals surface area (Å²) in [5.74, 6) is -1.00. The first-order valence-corrected chi connectivity index (χ1v) is 6.54. The van der Waals surface area contributed by atoms with E-state index >= 15 is 0 Å². The first-order chi connectivity index (χ1) is 7.63. The van der Waals surface area contributed by atoms with Crippen molar-refractivity contribution >= 4 is 17.3 Å². The number of thiophene rings is 1. The highest BCUT2D eigenvalue weighted by atomic mass is 32.1. The standard InChI is InChI=1S/C12H19NO2S/c1-3-13(8-10(2)12(14)15)6-4-11-5-7-16-9-11/h5,7,9-10H,3-4,6,8H2,1-2H3,(H,14,15). The van der Waals surface area contributed by atoms with Crippen LogP contribution in [0.2, 0.25) is 0 Å². The van der Waals surface area contributed by atoms with Crippen LogP contribution in [0.4, 0.5) is 0 Å². The Morgan fingerprint density at radius 2 is 2.38 bits per heavy atom. The molecule has 16 heavy (non-hydrogen) atoms. The van der Waals surface area contributed by atoms with Gasteiger partial charge in [0.05, 0.1) is 5.92 Å². The minimum Gasteiger partial charge on any atom is -0.481 e. The van der Waals surface area contributed by atoms with Crippen LogP contribution in [0.15, 0.2) is 16.8 Å². The molecule has 0 saturated heterocycles. The highest BCUT2D eigenvalue weighted by Crippen LogP contribution is 2.08. The Labute approximate surface area is 101 Å². The molecule has 1 atom stereocenters. The maximum atomic E-state index is 10.8. The summed E-state index contributed by atoms with van der Waals surface area (Å²) in [5.41, 5.74) is 1.34. The van der Waals surface area contributed by atoms with Gasteiger partial charge in [0.1, 0.15) is 0 Å². The van der Waals surface area contributed by atoms with Crippen molar-refractivity contribution in [2.24, 2.45) is 5.92 Å². The number of hydrogen-bond donors (Lipinski definition) is 1. The third kappa shape index (κ3) is 4.33. The van der Waals surface area contributed by atoms with E-state index in [9.17, 15) is 4.79 Å². The third-order valence-electron chi connectivity index (χ3n) is 2.70. The number of carboxylic acids is 1. The summed E-state index contributed by atoms with van der Waals surface area (Å²) in [6.45, 7) is 6.31. The zero-order valence-corrected chi connectivity index (χ0v) is 10.7. The van der Waals surface area contributed by atoms with E-state index in [0.29, 0.717) is 6.54 Å². The SMILES string of the molecule is CCN(CCc1ccsc1)CC(C)C(=O)O. The van der Waals surface area contributed by atoms with E-state index in [4.69, 9.17) is 5.11 Å². The first kappa shape index (κ1) is 13.2. The van der Waals surface area contributed by atoms with E-state index in [1.807, 2.05) is 0 Å². The number of likely N-dealkylation sites (N-methyl/N-ethyl adjacent to an activating group) is 1. The zero-order chi connectivity index (χ0) is 12.0. The normalized spacial score (nSPS) is 12.9. The summed E-state index contributed by atoms with van der Waals surface area (Å²) in [7, 11) is 0. The van der Waals surface area contributed by atoms with Crippen LogP contribution in [0.25, 0.3) is 0 Å². The predicted molar refractivity (Wildman–Crippen MR) is 66.9 cm³/mol. The van der Waals surface area contributed by atoms with Gasteiger partial charge in [-0.3, -0.25) is 4.79 Å². The predicted octanol–water partition coefficient (Wildman–Crippen LogP) is 2.33. The van der Waals surface area contributed by atoms with Crippen LogP contribution in [-0.4, -0.2) is 35.6 Å². The molecule has 0 spiro atoms. The lowest BCUT2D eigenvalue weighted by atomic mass is 10.1. The molecule has 1 heterocycles. The van der Waals surface area contributed by atoms with Crippen LogP contribution in [0.1, 0.15) is 19.4 Å². The molecule has 1 unspecified atom stereocenters. The van der Waals surface area contributed by atoms with Gasteiger partial charge in [-0.15, -0.1) is 0 Å². The van der Waals surface area contributed by atoms with Crippen molar-refractivity contribution in [1.29, 1.82) is 0 Å². The van der Waals surface area contributed by atoms with Gasteiger partial charge in [0, 0.05) is 13.1 Å². The topological polar surface area (TPSA) is 40.5 Å². The molecule has 1 aromatic rings. The molecule has 4 heteroatoms. The fourth-order valence-electron chi connectivity index (χ4n) is 1.57. The Hall–Kier alpha value is -0.870. The van der Waals surface area contributed by atoms with Crippen LogP contribution in [0.5, 0.6) is 0 Å². The van der Waals surface area contributed by atoms with Crippen LogP contribution >= 0.6 is 11.3 Å². The second kappa shape index (κ2) is 6.66. The van der Waals surface area contributed by atoms with E-state index in [-0.39, 0.29) is 5.92 Å². The van der Waals surface area contributed by atoms with Gasteiger partial charge in [-0.1, -0.05) is 13.8 Å². The second-order valence-electron chi connectivity index (χ2n) is 4.01. The maximum Gasteiger partial charge on any atom is 0.307 e. The summed E-state index contributed by atoms with van der Waals surface area (Å²) in [4.78, 5) is 12.9. The van der Waals surface area contributed by atoms with Crippen molar-refractivity contribution in [2.75, 3.05) is 19.6 Å². The van der Waals surface area contributed by atoms with E-state index in [2.05, 4.69) is 28.7 Å². The molecule has 0 aliphatic carbocycles. The molecule has 0 aliphatic rings. The molecular formula is C12H19NO2S. The average molecular weight is 241 g/mol. The molecule has 0 aromatic carbocycles. The van der Waals surface area contributed by atoms with E-state index in [1.54, 1.807) is 18.3 Å². The minimum absolute atomic E-state index is 0.289. The highest BCUT2D eigenvalue weighted by molar-refractivity contribution is 7.07. The minimum atomic E-state index is -0.714. The second-order valence-corrected chi connectivity index (χ2v) is 4.79. The lowest BCUT2D eigenvalue weighted by molar-refractivity contribution is -0.141. The average Bonchev–Trinajstić information content (AvgIpc) is 2.76. The van der Waals surface area contributed by atoms with Crippen LogP contribution in [0, 0.1) is 5.92 Å². The largest absolute Gasteiger partial charge is 0.481 e. The Morgan fingerprint density at radius 3 is 2.88 bits per heavy atom. The van der Waals surface area contributed by atoms with E-state index in [1.165, 1.54) is 5.56 Å². The summed E-state index contributed by atoms with van der Waals surface area (Å²) in [5, 5.41) is 13.1. The molecule has 0 radical (unpaired) electrons. The number of carbonyl (C=O) groups is 1. The van der Waals surface area contributed by atoms with E-state index < -0.39 is 5.97 Å². The summed E-state index contributed by atoms with van der Waals surface area (Å²) < 4.78 is 0. The fraction of sp³-hybridized carbons (Fsp3) is 0.583. The van der Waals surface area contributed by atoms with Crippen LogP contribution < -0.4 is 0 Å². The lowest BCUT2D eigenvalue weighted by Crippen LogP contribution is -2.33. The monoisotopic (exact) mass is 241 g/mol. The molecule has 3 nitrogen and oxygen atoms in total. The van der Waals surface area contributed by atoms with Crippen molar-refractivity contribution in [2.45, 2.75) is 20.3 Å². The maximum absolute atomic E-state index is 10.8. The molecule has 0 amide bonds. The molecule has 1 rings (SSSR count). The molecule has 0 bridgehead atoms. The lowest BCUT2D eigenvalue weighted by Gasteiger charge is -2.22. The van der Waals surface area contributed by atoms with Crippen molar-refractivity contribution in [3.05, 3.63) is 22.4 Å². The number of nitrogens with zero attached hydrogens (tertiary/aromatic N) is 1. The van der Waals surface area contributed by atoms with Gasteiger partial charge in [0.2, 0.25) is 0 Å². The molecule has 0 saturated carbocycles. The first-order valence-electron chi connectivity index (χ1n) is 5.59. The van der Waals surface area contributed by atoms with Crippen molar-refractivity contribution in [3.8, 4) is 0 Å². The fourth-order valence-corrected chi connectivity index (χ4v) is 2.27. The molecule has 1 N–H and O–H groups in total. The van der Waals surface area contributed by atoms with Crippen molar-refractivity contribution < 1.29 is 9.90 Å². The van der Waals surface area contributed by atoms with Crippen LogP contribution in [0.3, 0.4) is 0 Å². The quantitative estimate of drug-likeness (QED) is 0.796. The highest BCUT2D eigenvalue weighted by Gasteiger charge is 2.14. The van der Waals surface area contributed by atoms with Crippen molar-refractivity contribution in [3.63, 3.8) is 0 Å². The number of hydrogen-bond acceptors (Lipinski definition) is 3. The van der Waals surface area contributed by atoms with Gasteiger partial charge in [-0.05, 0) is 35.4 Å². The Morgan fingerprint density at radius 1 is 1.62 bits per heavy atom.